The van der Waals surface area contributed by atoms with Gasteiger partial charge in [-0.15, -0.1) is 0 Å². The monoisotopic (exact) mass is 636 g/mol. The molecule has 6 aromatic rings. The molecule has 0 saturated carbocycles. The van der Waals surface area contributed by atoms with Gasteiger partial charge in [-0.25, -0.2) is 0 Å². The highest BCUT2D eigenvalue weighted by Crippen LogP contribution is 2.59. The van der Waals surface area contributed by atoms with Gasteiger partial charge in [0.25, 0.3) is 0 Å². The Morgan fingerprint density at radius 3 is 1.89 bits per heavy atom. The summed E-state index contributed by atoms with van der Waals surface area (Å²) in [4.78, 5) is 0. The van der Waals surface area contributed by atoms with E-state index in [0.717, 1.165) is 19.3 Å². The van der Waals surface area contributed by atoms with Crippen molar-refractivity contribution in [2.75, 3.05) is 0 Å². The molecular formula is C43H30N2P2+2. The van der Waals surface area contributed by atoms with Gasteiger partial charge in [0.05, 0.1) is 28.9 Å². The Labute approximate surface area is 276 Å². The number of hydrogen-bond donors (Lipinski definition) is 0. The number of benzene rings is 4. The SMILES string of the molecule is C1#CCc2c(n(C3=[P+](c4ccccc4)C4=CC(n5c6c(c7ccccc75)C=CCC6)=[P+](c5ccccc5)C4=C3)c3ccccc23)C=C1. The van der Waals surface area contributed by atoms with Crippen LogP contribution in [0.2, 0.25) is 0 Å². The third kappa shape index (κ3) is 4.01. The van der Waals surface area contributed by atoms with Crippen molar-refractivity contribution in [2.45, 2.75) is 19.3 Å². The first-order chi connectivity index (χ1) is 23.4. The first kappa shape index (κ1) is 27.0. The van der Waals surface area contributed by atoms with Crippen LogP contribution in [0.25, 0.3) is 34.0 Å². The van der Waals surface area contributed by atoms with Crippen LogP contribution in [0.5, 0.6) is 0 Å². The Hall–Kier alpha value is -5.18. The summed E-state index contributed by atoms with van der Waals surface area (Å²) >= 11 is 0. The van der Waals surface area contributed by atoms with Crippen LogP contribution >= 0.6 is 15.1 Å². The molecular weight excluding hydrogens is 606 g/mol. The molecule has 0 fully saturated rings. The van der Waals surface area contributed by atoms with Crippen molar-refractivity contribution < 1.29 is 0 Å². The molecule has 220 valence electrons. The highest BCUT2D eigenvalue weighted by Gasteiger charge is 2.51. The standard InChI is InChI=1S/C43H30N2P2/c1-4-16-30(17-5-1)46-41-29-43(45-38-26-14-11-22-34(38)35-23-12-15-27-39(35)45)47(31-18-6-2-7-19-31)40(41)28-42(46)44-36-24-9-3-8-20-32(36)33-21-10-13-25-37(33)44/h1-2,4-7,9-14,16-19,21-26,28-29H,15,20,27H2/q+2. The lowest BCUT2D eigenvalue weighted by Crippen LogP contribution is -2.15. The molecule has 2 nitrogen and oxygen atoms in total. The lowest BCUT2D eigenvalue weighted by molar-refractivity contribution is 0.916. The molecule has 10 rings (SSSR count). The maximum Gasteiger partial charge on any atom is 0.235 e. The molecule has 0 spiro atoms. The molecule has 2 aromatic heterocycles. The lowest BCUT2D eigenvalue weighted by Gasteiger charge is -2.11. The first-order valence-electron chi connectivity index (χ1n) is 16.3. The van der Waals surface area contributed by atoms with E-state index in [9.17, 15) is 0 Å². The van der Waals surface area contributed by atoms with Gasteiger partial charge < -0.3 is 0 Å². The van der Waals surface area contributed by atoms with Crippen LogP contribution in [0.3, 0.4) is 0 Å². The van der Waals surface area contributed by atoms with Gasteiger partial charge in [-0.05, 0) is 67.0 Å². The molecule has 0 N–H and O–H groups in total. The van der Waals surface area contributed by atoms with Crippen molar-refractivity contribution in [1.82, 2.24) is 9.13 Å². The fourth-order valence-electron chi connectivity index (χ4n) is 7.84. The summed E-state index contributed by atoms with van der Waals surface area (Å²) in [6.45, 7) is 0. The zero-order chi connectivity index (χ0) is 30.9. The summed E-state index contributed by atoms with van der Waals surface area (Å²) in [5.74, 6) is 6.64. The summed E-state index contributed by atoms with van der Waals surface area (Å²) in [6.07, 6.45) is 17.1. The van der Waals surface area contributed by atoms with E-state index in [4.69, 9.17) is 0 Å². The van der Waals surface area contributed by atoms with E-state index in [1.807, 2.05) is 6.08 Å². The van der Waals surface area contributed by atoms with E-state index in [0.29, 0.717) is 0 Å². The lowest BCUT2D eigenvalue weighted by atomic mass is 10.0. The largest absolute Gasteiger partial charge is 0.278 e. The predicted octanol–water partition coefficient (Wildman–Crippen LogP) is 9.19. The molecule has 4 heteroatoms. The molecule has 4 heterocycles. The molecule has 2 aliphatic carbocycles. The minimum atomic E-state index is -0.824. The molecule has 4 aromatic carbocycles. The average molecular weight is 637 g/mol. The Morgan fingerprint density at radius 1 is 0.596 bits per heavy atom. The van der Waals surface area contributed by atoms with E-state index in [-0.39, 0.29) is 0 Å². The number of allylic oxidation sites excluding steroid dienone is 6. The Kier molecular flexibility index (Phi) is 6.14. The van der Waals surface area contributed by atoms with Crippen LogP contribution in [-0.4, -0.2) is 20.0 Å². The summed E-state index contributed by atoms with van der Waals surface area (Å²) in [5.41, 5.74) is 10.8. The van der Waals surface area contributed by atoms with E-state index in [1.165, 1.54) is 76.4 Å². The smallest absolute Gasteiger partial charge is 0.235 e. The molecule has 0 saturated heterocycles. The molecule has 0 bridgehead atoms. The topological polar surface area (TPSA) is 9.86 Å². The van der Waals surface area contributed by atoms with Gasteiger partial charge in [0.1, 0.15) is 0 Å². The van der Waals surface area contributed by atoms with Crippen molar-refractivity contribution in [2.24, 2.45) is 0 Å². The fraction of sp³-hybridized carbons (Fsp3) is 0.0698. The second-order valence-corrected chi connectivity index (χ2v) is 16.6. The Balaban J connectivity index is 1.30. The van der Waals surface area contributed by atoms with Crippen LogP contribution < -0.4 is 10.6 Å². The number of nitrogens with zero attached hydrogens (tertiary/aromatic N) is 2. The minimum absolute atomic E-state index is 0.764. The summed E-state index contributed by atoms with van der Waals surface area (Å²) in [7, 11) is -1.62. The minimum Gasteiger partial charge on any atom is -0.278 e. The first-order valence-corrected chi connectivity index (χ1v) is 19.0. The Bertz CT molecular complexity index is 2570. The van der Waals surface area contributed by atoms with Gasteiger partial charge in [-0.3, -0.25) is 9.13 Å². The van der Waals surface area contributed by atoms with Crippen LogP contribution in [0.1, 0.15) is 28.9 Å². The van der Waals surface area contributed by atoms with Crippen molar-refractivity contribution in [3.8, 4) is 11.8 Å². The van der Waals surface area contributed by atoms with Gasteiger partial charge in [0.2, 0.25) is 36.6 Å². The highest BCUT2D eigenvalue weighted by atomic mass is 31.1. The summed E-state index contributed by atoms with van der Waals surface area (Å²) in [5, 5.41) is 8.43. The van der Waals surface area contributed by atoms with Crippen molar-refractivity contribution in [3.63, 3.8) is 0 Å². The number of aromatic nitrogens is 2. The van der Waals surface area contributed by atoms with Crippen molar-refractivity contribution in [1.29, 1.82) is 0 Å². The van der Waals surface area contributed by atoms with Crippen LogP contribution in [0.4, 0.5) is 0 Å². The van der Waals surface area contributed by atoms with Gasteiger partial charge in [0, 0.05) is 28.5 Å². The van der Waals surface area contributed by atoms with E-state index >= 15 is 0 Å². The normalized spacial score (nSPS) is 17.7. The third-order valence-electron chi connectivity index (χ3n) is 9.78. The Morgan fingerprint density at radius 2 is 1.19 bits per heavy atom. The predicted molar refractivity (Wildman–Crippen MR) is 205 cm³/mol. The molecule has 0 amide bonds. The highest BCUT2D eigenvalue weighted by molar-refractivity contribution is 7.78. The molecule has 2 atom stereocenters. The van der Waals surface area contributed by atoms with Crippen LogP contribution in [0, 0.1) is 11.8 Å². The number of hydrogen-bond acceptors (Lipinski definition) is 0. The zero-order valence-corrected chi connectivity index (χ0v) is 27.6. The van der Waals surface area contributed by atoms with Gasteiger partial charge in [-0.1, -0.05) is 96.8 Å². The van der Waals surface area contributed by atoms with Crippen molar-refractivity contribution >= 4 is 70.5 Å². The van der Waals surface area contributed by atoms with Gasteiger partial charge in [0.15, 0.2) is 10.6 Å². The van der Waals surface area contributed by atoms with Crippen LogP contribution in [0.15, 0.2) is 144 Å². The van der Waals surface area contributed by atoms with Gasteiger partial charge in [-0.2, -0.15) is 0 Å². The van der Waals surface area contributed by atoms with Crippen LogP contribution in [-0.2, 0) is 12.8 Å². The molecule has 2 aliphatic heterocycles. The second-order valence-electron chi connectivity index (χ2n) is 12.3. The molecule has 47 heavy (non-hydrogen) atoms. The zero-order valence-electron chi connectivity index (χ0n) is 25.8. The summed E-state index contributed by atoms with van der Waals surface area (Å²) < 4.78 is 5.21. The van der Waals surface area contributed by atoms with E-state index in [1.54, 1.807) is 0 Å². The van der Waals surface area contributed by atoms with E-state index in [2.05, 4.69) is 161 Å². The number of rotatable bonds is 4. The molecule has 4 aliphatic rings. The third-order valence-corrected chi connectivity index (χ3v) is 14.9. The fourth-order valence-corrected chi connectivity index (χ4v) is 13.6. The van der Waals surface area contributed by atoms with E-state index < -0.39 is 15.1 Å². The quantitative estimate of drug-likeness (QED) is 0.135. The second kappa shape index (κ2) is 10.7. The molecule has 0 radical (unpaired) electrons. The number of fused-ring (bicyclic) bond motifs is 7. The average Bonchev–Trinajstić information content (AvgIpc) is 3.80. The number of para-hydroxylation sites is 2. The van der Waals surface area contributed by atoms with Gasteiger partial charge >= 0.3 is 0 Å². The summed E-state index contributed by atoms with van der Waals surface area (Å²) in [6, 6.07) is 40.4. The maximum absolute atomic E-state index is 3.38. The maximum atomic E-state index is 3.38. The molecule has 2 unspecified atom stereocenters. The van der Waals surface area contributed by atoms with Crippen molar-refractivity contribution in [3.05, 3.63) is 167 Å².